The van der Waals surface area contributed by atoms with Crippen molar-refractivity contribution in [2.75, 3.05) is 11.9 Å². The summed E-state index contributed by atoms with van der Waals surface area (Å²) in [5.74, 6) is -2.94. The topological polar surface area (TPSA) is 104 Å². The molecule has 2 aromatic rings. The summed E-state index contributed by atoms with van der Waals surface area (Å²) in [4.78, 5) is 62.6. The monoisotopic (exact) mass is 385 g/mol. The van der Waals surface area contributed by atoms with Crippen molar-refractivity contribution < 1.29 is 24.0 Å². The zero-order valence-electron chi connectivity index (χ0n) is 14.3. The number of rotatable bonds is 6. The zero-order valence-corrected chi connectivity index (χ0v) is 15.1. The molecule has 1 aliphatic heterocycles. The number of urea groups is 1. The average Bonchev–Trinajstić information content (AvgIpc) is 3.21. The smallest absolute Gasteiger partial charge is 0.324 e. The van der Waals surface area contributed by atoms with Crippen molar-refractivity contribution in [1.29, 1.82) is 0 Å². The maximum atomic E-state index is 12.4. The maximum Gasteiger partial charge on any atom is 0.335 e. The number of hydrogen-bond donors (Lipinski definition) is 1. The van der Waals surface area contributed by atoms with Gasteiger partial charge in [0, 0.05) is 10.4 Å². The molecule has 0 atom stereocenters. The summed E-state index contributed by atoms with van der Waals surface area (Å²) in [6.45, 7) is 0.725. The van der Waals surface area contributed by atoms with Gasteiger partial charge in [0.25, 0.3) is 0 Å². The van der Waals surface area contributed by atoms with E-state index in [1.807, 2.05) is 0 Å². The van der Waals surface area contributed by atoms with Crippen LogP contribution in [0.4, 0.5) is 10.5 Å². The van der Waals surface area contributed by atoms with Crippen LogP contribution in [-0.4, -0.2) is 45.9 Å². The van der Waals surface area contributed by atoms with Crippen LogP contribution in [0.1, 0.15) is 22.2 Å². The molecule has 0 aliphatic carbocycles. The number of Topliss-reactive ketones (excluding diaryl/α,β-unsaturated/α-hetero) is 1. The highest BCUT2D eigenvalue weighted by Gasteiger charge is 2.45. The van der Waals surface area contributed by atoms with E-state index in [4.69, 9.17) is 0 Å². The van der Waals surface area contributed by atoms with Gasteiger partial charge >= 0.3 is 17.8 Å². The number of carbonyl (C=O) groups excluding carboxylic acids is 5. The molecule has 3 rings (SSSR count). The maximum absolute atomic E-state index is 12.4. The van der Waals surface area contributed by atoms with Crippen LogP contribution in [0, 0.1) is 0 Å². The molecule has 9 heteroatoms. The number of benzene rings is 1. The summed E-state index contributed by atoms with van der Waals surface area (Å²) in [7, 11) is 0. The molecule has 1 aromatic carbocycles. The van der Waals surface area contributed by atoms with Crippen molar-refractivity contribution in [3.63, 3.8) is 0 Å². The van der Waals surface area contributed by atoms with Crippen LogP contribution in [0.15, 0.2) is 41.8 Å². The van der Waals surface area contributed by atoms with Crippen LogP contribution in [0.5, 0.6) is 0 Å². The van der Waals surface area contributed by atoms with Gasteiger partial charge in [-0.25, -0.2) is 9.69 Å². The van der Waals surface area contributed by atoms with Gasteiger partial charge in [0.05, 0.1) is 12.2 Å². The molecule has 1 saturated heterocycles. The van der Waals surface area contributed by atoms with E-state index in [0.717, 1.165) is 9.78 Å². The van der Waals surface area contributed by atoms with Crippen LogP contribution in [0.2, 0.25) is 0 Å². The molecule has 1 N–H and O–H groups in total. The molecule has 0 bridgehead atoms. The lowest BCUT2D eigenvalue weighted by molar-refractivity contribution is -0.143. The van der Waals surface area contributed by atoms with E-state index < -0.39 is 30.3 Å². The Morgan fingerprint density at radius 2 is 1.70 bits per heavy atom. The summed E-state index contributed by atoms with van der Waals surface area (Å²) in [5.41, 5.74) is 0.580. The van der Waals surface area contributed by atoms with Crippen molar-refractivity contribution >= 4 is 46.6 Å². The lowest BCUT2D eigenvalue weighted by atomic mass is 10.1. The van der Waals surface area contributed by atoms with Gasteiger partial charge in [-0.1, -0.05) is 18.2 Å². The third-order valence-corrected chi connectivity index (χ3v) is 4.77. The van der Waals surface area contributed by atoms with Gasteiger partial charge in [-0.15, -0.1) is 11.3 Å². The van der Waals surface area contributed by atoms with Crippen LogP contribution >= 0.6 is 11.3 Å². The molecule has 1 aromatic heterocycles. The van der Waals surface area contributed by atoms with Crippen LogP contribution < -0.4 is 5.32 Å². The summed E-state index contributed by atoms with van der Waals surface area (Å²) in [6, 6.07) is 9.05. The Labute approximate surface area is 158 Å². The summed E-state index contributed by atoms with van der Waals surface area (Å²) >= 11 is 1.35. The van der Waals surface area contributed by atoms with Gasteiger partial charge in [-0.2, -0.15) is 0 Å². The number of thiophene rings is 1. The number of imide groups is 2. The summed E-state index contributed by atoms with van der Waals surface area (Å²) < 4.78 is 0. The predicted molar refractivity (Wildman–Crippen MR) is 97.1 cm³/mol. The molecule has 5 amide bonds. The standard InChI is InChI=1S/C18H15N3O5S/c1-11(22)13-6-2-3-7-14(13)19-15(23)10-21-17(25)16(24)20(18(21)26)9-12-5-4-8-27-12/h2-8H,9-10H2,1H3,(H,19,23). The molecule has 0 radical (unpaired) electrons. The second-order valence-electron chi connectivity index (χ2n) is 5.79. The van der Waals surface area contributed by atoms with E-state index in [9.17, 15) is 24.0 Å². The van der Waals surface area contributed by atoms with Gasteiger partial charge in [-0.05, 0) is 30.5 Å². The lowest BCUT2D eigenvalue weighted by Gasteiger charge is -2.15. The molecular weight excluding hydrogens is 370 g/mol. The Bertz CT molecular complexity index is 938. The molecular formula is C18H15N3O5S. The Balaban J connectivity index is 1.71. The van der Waals surface area contributed by atoms with Crippen molar-refractivity contribution in [1.82, 2.24) is 9.80 Å². The second-order valence-corrected chi connectivity index (χ2v) is 6.83. The molecule has 1 aliphatic rings. The van der Waals surface area contributed by atoms with Crippen molar-refractivity contribution in [3.05, 3.63) is 52.2 Å². The molecule has 27 heavy (non-hydrogen) atoms. The molecule has 8 nitrogen and oxygen atoms in total. The fraction of sp³-hybridized carbons (Fsp3) is 0.167. The Morgan fingerprint density at radius 3 is 2.37 bits per heavy atom. The third-order valence-electron chi connectivity index (χ3n) is 3.91. The first kappa shape index (κ1) is 18.5. The molecule has 0 spiro atoms. The van der Waals surface area contributed by atoms with E-state index in [1.165, 1.54) is 24.3 Å². The average molecular weight is 385 g/mol. The minimum Gasteiger partial charge on any atom is -0.324 e. The third kappa shape index (κ3) is 3.77. The van der Waals surface area contributed by atoms with Gasteiger partial charge in [0.15, 0.2) is 5.78 Å². The van der Waals surface area contributed by atoms with Gasteiger partial charge in [-0.3, -0.25) is 24.1 Å². The second kappa shape index (κ2) is 7.50. The fourth-order valence-corrected chi connectivity index (χ4v) is 3.31. The number of hydrogen-bond acceptors (Lipinski definition) is 6. The number of anilines is 1. The van der Waals surface area contributed by atoms with Gasteiger partial charge in [0.2, 0.25) is 5.91 Å². The fourth-order valence-electron chi connectivity index (χ4n) is 2.62. The highest BCUT2D eigenvalue weighted by Crippen LogP contribution is 2.19. The molecule has 1 fully saturated rings. The Morgan fingerprint density at radius 1 is 1.00 bits per heavy atom. The number of ketones is 1. The van der Waals surface area contributed by atoms with E-state index >= 15 is 0 Å². The van der Waals surface area contributed by atoms with E-state index in [-0.39, 0.29) is 18.0 Å². The zero-order chi connectivity index (χ0) is 19.6. The minimum absolute atomic E-state index is 0.0215. The molecule has 0 unspecified atom stereocenters. The number of amides is 5. The van der Waals surface area contributed by atoms with Gasteiger partial charge < -0.3 is 5.32 Å². The van der Waals surface area contributed by atoms with Crippen LogP contribution in [-0.2, 0) is 20.9 Å². The number of nitrogens with one attached hydrogen (secondary N) is 1. The number of carbonyl (C=O) groups is 5. The van der Waals surface area contributed by atoms with E-state index in [1.54, 1.807) is 35.7 Å². The first-order valence-corrected chi connectivity index (χ1v) is 8.86. The SMILES string of the molecule is CC(=O)c1ccccc1NC(=O)CN1C(=O)C(=O)N(Cc2cccs2)C1=O. The van der Waals surface area contributed by atoms with E-state index in [2.05, 4.69) is 5.32 Å². The highest BCUT2D eigenvalue weighted by molar-refractivity contribution is 7.09. The van der Waals surface area contributed by atoms with E-state index in [0.29, 0.717) is 10.5 Å². The number of nitrogens with zero attached hydrogens (tertiary/aromatic N) is 2. The molecule has 2 heterocycles. The van der Waals surface area contributed by atoms with Crippen molar-refractivity contribution in [3.8, 4) is 0 Å². The first-order valence-electron chi connectivity index (χ1n) is 7.98. The molecule has 138 valence electrons. The van der Waals surface area contributed by atoms with Crippen molar-refractivity contribution in [2.24, 2.45) is 0 Å². The largest absolute Gasteiger partial charge is 0.335 e. The Kier molecular flexibility index (Phi) is 5.13. The van der Waals surface area contributed by atoms with Crippen LogP contribution in [0.25, 0.3) is 0 Å². The summed E-state index contributed by atoms with van der Waals surface area (Å²) in [6.07, 6.45) is 0. The molecule has 0 saturated carbocycles. The predicted octanol–water partition coefficient (Wildman–Crippen LogP) is 1.88. The minimum atomic E-state index is -1.05. The summed E-state index contributed by atoms with van der Waals surface area (Å²) in [5, 5.41) is 4.29. The number of para-hydroxylation sites is 1. The normalized spacial score (nSPS) is 14.0. The highest BCUT2D eigenvalue weighted by atomic mass is 32.1. The van der Waals surface area contributed by atoms with Crippen LogP contribution in [0.3, 0.4) is 0 Å². The lowest BCUT2D eigenvalue weighted by Crippen LogP contribution is -2.39. The Hall–Kier alpha value is -3.33. The quantitative estimate of drug-likeness (QED) is 0.464. The first-order chi connectivity index (χ1) is 12.9. The van der Waals surface area contributed by atoms with Crippen molar-refractivity contribution in [2.45, 2.75) is 13.5 Å². The van der Waals surface area contributed by atoms with Gasteiger partial charge in [0.1, 0.15) is 6.54 Å².